The minimum Gasteiger partial charge on any atom is -0.482 e. The summed E-state index contributed by atoms with van der Waals surface area (Å²) in [6, 6.07) is 3.24. The third-order valence-corrected chi connectivity index (χ3v) is 3.83. The van der Waals surface area contributed by atoms with E-state index in [9.17, 15) is 4.79 Å². The van der Waals surface area contributed by atoms with Crippen molar-refractivity contribution in [2.45, 2.75) is 13.8 Å². The smallest absolute Gasteiger partial charge is 0.290 e. The number of hydroxylamine groups is 1. The first-order valence-electron chi connectivity index (χ1n) is 7.94. The summed E-state index contributed by atoms with van der Waals surface area (Å²) in [5.74, 6) is 5.66. The molecule has 0 aliphatic carbocycles. The molecule has 1 rings (SSSR count). The molecule has 0 fully saturated rings. The summed E-state index contributed by atoms with van der Waals surface area (Å²) in [5, 5.41) is 0.903. The number of nitrogens with two attached hydrogens (primary N) is 1. The van der Waals surface area contributed by atoms with Gasteiger partial charge in [0.1, 0.15) is 11.5 Å². The van der Waals surface area contributed by atoms with Gasteiger partial charge < -0.3 is 14.4 Å². The molecule has 8 heteroatoms. The van der Waals surface area contributed by atoms with Gasteiger partial charge in [0, 0.05) is 5.02 Å². The number of halogens is 2. The maximum absolute atomic E-state index is 11.6. The van der Waals surface area contributed by atoms with Crippen molar-refractivity contribution in [3.8, 4) is 5.75 Å². The van der Waals surface area contributed by atoms with Crippen molar-refractivity contribution < 1.29 is 19.2 Å². The van der Waals surface area contributed by atoms with Gasteiger partial charge in [-0.2, -0.15) is 11.4 Å². The van der Waals surface area contributed by atoms with E-state index in [1.807, 2.05) is 0 Å². The Labute approximate surface area is 175 Å². The number of amides is 1. The molecule has 1 amide bonds. The van der Waals surface area contributed by atoms with E-state index in [4.69, 9.17) is 38.7 Å². The first kappa shape index (κ1) is 25.3. The topological polar surface area (TPSA) is 82.8 Å². The first-order chi connectivity index (χ1) is 13.3. The van der Waals surface area contributed by atoms with Gasteiger partial charge in [0.25, 0.3) is 5.91 Å². The second-order valence-corrected chi connectivity index (χ2v) is 5.83. The Morgan fingerprint density at radius 3 is 2.36 bits per heavy atom. The highest BCUT2D eigenvalue weighted by atomic mass is 35.5. The number of rotatable bonds is 9. The van der Waals surface area contributed by atoms with Crippen LogP contribution in [0.4, 0.5) is 0 Å². The van der Waals surface area contributed by atoms with Gasteiger partial charge in [-0.25, -0.2) is 0 Å². The average molecular weight is 427 g/mol. The molecule has 0 aromatic heterocycles. The Morgan fingerprint density at radius 2 is 1.86 bits per heavy atom. The number of benzene rings is 1. The van der Waals surface area contributed by atoms with Crippen LogP contribution in [0.1, 0.15) is 12.5 Å². The zero-order chi connectivity index (χ0) is 21.5. The average Bonchev–Trinajstić information content (AvgIpc) is 2.69. The lowest BCUT2D eigenvalue weighted by Gasteiger charge is -2.11. The van der Waals surface area contributed by atoms with Crippen molar-refractivity contribution in [3.05, 3.63) is 89.4 Å². The normalized spacial score (nSPS) is 10.8. The number of nitrogens with one attached hydrogen (secondary N) is 1. The second kappa shape index (κ2) is 14.4. The van der Waals surface area contributed by atoms with E-state index in [2.05, 4.69) is 30.1 Å². The summed E-state index contributed by atoms with van der Waals surface area (Å²) in [7, 11) is 0. The van der Waals surface area contributed by atoms with E-state index in [1.54, 1.807) is 44.2 Å². The molecule has 0 atom stereocenters. The Morgan fingerprint density at radius 1 is 1.21 bits per heavy atom. The summed E-state index contributed by atoms with van der Waals surface area (Å²) in [6.45, 7) is 13.7. The van der Waals surface area contributed by atoms with Crippen LogP contribution in [0.15, 0.2) is 73.8 Å². The van der Waals surface area contributed by atoms with Crippen LogP contribution in [0.3, 0.4) is 0 Å². The molecule has 3 N–H and O–H groups in total. The highest BCUT2D eigenvalue weighted by Gasteiger charge is 2.10. The van der Waals surface area contributed by atoms with Crippen LogP contribution < -0.4 is 16.1 Å². The molecule has 0 unspecified atom stereocenters. The molecule has 0 aliphatic heterocycles. The summed E-state index contributed by atoms with van der Waals surface area (Å²) in [5.41, 5.74) is 2.90. The van der Waals surface area contributed by atoms with Gasteiger partial charge in [-0.1, -0.05) is 55.1 Å². The minimum absolute atomic E-state index is 0.251. The van der Waals surface area contributed by atoms with Crippen LogP contribution in [0.2, 0.25) is 10.0 Å². The van der Waals surface area contributed by atoms with Crippen molar-refractivity contribution in [3.63, 3.8) is 0 Å². The molecular weight excluding hydrogens is 403 g/mol. The Kier molecular flexibility index (Phi) is 13.0. The van der Waals surface area contributed by atoms with Crippen LogP contribution in [-0.4, -0.2) is 12.5 Å². The van der Waals surface area contributed by atoms with Crippen molar-refractivity contribution >= 4 is 29.1 Å². The number of hydrogen-bond donors (Lipinski definition) is 2. The molecule has 0 spiro atoms. The van der Waals surface area contributed by atoms with E-state index < -0.39 is 5.91 Å². The molecule has 1 aromatic carbocycles. The van der Waals surface area contributed by atoms with Crippen LogP contribution in [-0.2, 0) is 14.5 Å². The number of hydrogen-bond acceptors (Lipinski definition) is 5. The zero-order valence-electron chi connectivity index (χ0n) is 15.8. The quantitative estimate of drug-likeness (QED) is 0.331. The number of carbonyl (C=O) groups excluding carboxylic acids is 1. The molecular formula is C20H24Cl2N2O4. The van der Waals surface area contributed by atoms with Gasteiger partial charge >= 0.3 is 0 Å². The molecule has 0 aliphatic rings. The molecule has 1 aromatic rings. The molecule has 28 heavy (non-hydrogen) atoms. The standard InChI is InChI=1S/C15H15Cl2NO3.C5H9NO/c1-4-6-11(5-2)21-18-14(19)9-20-13-8-7-12(16)10(3)15(13)17;1-3-4-5(2)7-6/h4-8H,1-2,9H2,3H3,(H,18,19);3-4H,1,6H2,2H3/b11-6+;5-4+. The maximum atomic E-state index is 11.6. The largest absolute Gasteiger partial charge is 0.482 e. The predicted octanol–water partition coefficient (Wildman–Crippen LogP) is 4.95. The van der Waals surface area contributed by atoms with Crippen LogP contribution >= 0.6 is 23.2 Å². The minimum atomic E-state index is -0.476. The van der Waals surface area contributed by atoms with E-state index in [0.717, 1.165) is 0 Å². The SMILES string of the molecule is C=C/C=C(\C)ON.C=C/C=C(\C=C)ONC(=O)COc1ccc(Cl)c(C)c1Cl. The fourth-order valence-electron chi connectivity index (χ4n) is 1.50. The lowest BCUT2D eigenvalue weighted by molar-refractivity contribution is -0.132. The molecule has 0 heterocycles. The summed E-state index contributed by atoms with van der Waals surface area (Å²) in [6.07, 6.45) is 7.79. The molecule has 152 valence electrons. The first-order valence-corrected chi connectivity index (χ1v) is 8.70. The monoisotopic (exact) mass is 426 g/mol. The second-order valence-electron chi connectivity index (χ2n) is 5.04. The van der Waals surface area contributed by atoms with Gasteiger partial charge in [-0.3, -0.25) is 4.79 Å². The summed E-state index contributed by atoms with van der Waals surface area (Å²) < 4.78 is 5.31. The van der Waals surface area contributed by atoms with Gasteiger partial charge in [-0.05, 0) is 49.8 Å². The number of allylic oxidation sites excluding steroid dienone is 6. The zero-order valence-corrected chi connectivity index (χ0v) is 17.3. The van der Waals surface area contributed by atoms with Crippen LogP contribution in [0.25, 0.3) is 0 Å². The highest BCUT2D eigenvalue weighted by molar-refractivity contribution is 6.36. The van der Waals surface area contributed by atoms with Gasteiger partial charge in [0.15, 0.2) is 12.4 Å². The van der Waals surface area contributed by atoms with Crippen LogP contribution in [0, 0.1) is 6.92 Å². The van der Waals surface area contributed by atoms with E-state index in [0.29, 0.717) is 32.9 Å². The van der Waals surface area contributed by atoms with Gasteiger partial charge in [0.2, 0.25) is 0 Å². The number of ether oxygens (including phenoxy) is 1. The Bertz CT molecular complexity index is 759. The van der Waals surface area contributed by atoms with Crippen molar-refractivity contribution in [1.82, 2.24) is 5.48 Å². The third-order valence-electron chi connectivity index (χ3n) is 2.95. The Balaban J connectivity index is 0.000000887. The van der Waals surface area contributed by atoms with Crippen LogP contribution in [0.5, 0.6) is 5.75 Å². The van der Waals surface area contributed by atoms with Gasteiger partial charge in [-0.15, -0.1) is 0 Å². The fourth-order valence-corrected chi connectivity index (χ4v) is 1.93. The molecule has 0 saturated carbocycles. The predicted molar refractivity (Wildman–Crippen MR) is 114 cm³/mol. The Hall–Kier alpha value is -2.67. The molecule has 0 bridgehead atoms. The maximum Gasteiger partial charge on any atom is 0.290 e. The van der Waals surface area contributed by atoms with E-state index in [-0.39, 0.29) is 6.61 Å². The number of carbonyl (C=O) groups is 1. The highest BCUT2D eigenvalue weighted by Crippen LogP contribution is 2.32. The summed E-state index contributed by atoms with van der Waals surface area (Å²) >= 11 is 12.0. The summed E-state index contributed by atoms with van der Waals surface area (Å²) in [4.78, 5) is 20.9. The van der Waals surface area contributed by atoms with Crippen molar-refractivity contribution in [1.29, 1.82) is 0 Å². The lowest BCUT2D eigenvalue weighted by Crippen LogP contribution is -2.28. The molecule has 0 saturated heterocycles. The third kappa shape index (κ3) is 9.87. The van der Waals surface area contributed by atoms with Gasteiger partial charge in [0.05, 0.1) is 5.02 Å². The van der Waals surface area contributed by atoms with E-state index >= 15 is 0 Å². The van der Waals surface area contributed by atoms with Crippen molar-refractivity contribution in [2.75, 3.05) is 6.61 Å². The van der Waals surface area contributed by atoms with E-state index in [1.165, 1.54) is 12.2 Å². The van der Waals surface area contributed by atoms with Crippen molar-refractivity contribution in [2.24, 2.45) is 5.90 Å². The molecule has 6 nitrogen and oxygen atoms in total. The fraction of sp³-hybridized carbons (Fsp3) is 0.150. The molecule has 0 radical (unpaired) electrons. The lowest BCUT2D eigenvalue weighted by atomic mass is 10.2.